The first kappa shape index (κ1) is 16.0. The average Bonchev–Trinajstić information content (AvgIpc) is 2.79. The van der Waals surface area contributed by atoms with Gasteiger partial charge in [0.25, 0.3) is 0 Å². The van der Waals surface area contributed by atoms with Crippen LogP contribution in [-0.2, 0) is 9.53 Å². The molecule has 4 nitrogen and oxygen atoms in total. The number of hydrogen-bond acceptors (Lipinski definition) is 3. The lowest BCUT2D eigenvalue weighted by Crippen LogP contribution is -2.13. The minimum Gasteiger partial charge on any atom is -0.465 e. The Morgan fingerprint density at radius 2 is 1.77 bits per heavy atom. The molecule has 22 heavy (non-hydrogen) atoms. The van der Waals surface area contributed by atoms with Crippen molar-refractivity contribution in [1.82, 2.24) is 4.98 Å². The van der Waals surface area contributed by atoms with Crippen LogP contribution in [0.4, 0.5) is 0 Å². The minimum atomic E-state index is -0.312. The molecule has 0 radical (unpaired) electrons. The van der Waals surface area contributed by atoms with Gasteiger partial charge in [-0.1, -0.05) is 37.3 Å². The molecular formula is C18H21NO3. The van der Waals surface area contributed by atoms with E-state index in [4.69, 9.17) is 4.74 Å². The standard InChI is InChI=1S/C18H21NO3/c1-11(10-22-14(4)20)16-12(2)19-13(3)17(16)18(21)15-8-6-5-7-9-15/h5-9,11,19H,10H2,1-4H3/t11-/m1/s1. The van der Waals surface area contributed by atoms with E-state index in [1.165, 1.54) is 6.92 Å². The predicted molar refractivity (Wildman–Crippen MR) is 85.2 cm³/mol. The smallest absolute Gasteiger partial charge is 0.302 e. The molecule has 2 rings (SSSR count). The number of aromatic amines is 1. The van der Waals surface area contributed by atoms with Gasteiger partial charge in [0, 0.05) is 35.4 Å². The molecule has 2 aromatic rings. The first-order valence-corrected chi connectivity index (χ1v) is 7.34. The molecule has 1 aromatic heterocycles. The maximum Gasteiger partial charge on any atom is 0.302 e. The Balaban J connectivity index is 2.39. The van der Waals surface area contributed by atoms with Crippen LogP contribution in [0.3, 0.4) is 0 Å². The first-order valence-electron chi connectivity index (χ1n) is 7.34. The van der Waals surface area contributed by atoms with Gasteiger partial charge in [0.2, 0.25) is 0 Å². The zero-order valence-electron chi connectivity index (χ0n) is 13.4. The first-order chi connectivity index (χ1) is 10.4. The van der Waals surface area contributed by atoms with Gasteiger partial charge in [-0.15, -0.1) is 0 Å². The third kappa shape index (κ3) is 3.27. The normalized spacial score (nSPS) is 12.0. The molecule has 0 aliphatic heterocycles. The van der Waals surface area contributed by atoms with Gasteiger partial charge in [0.15, 0.2) is 5.78 Å². The van der Waals surface area contributed by atoms with Gasteiger partial charge in [-0.2, -0.15) is 0 Å². The number of rotatable bonds is 5. The Labute approximate surface area is 130 Å². The molecule has 0 saturated heterocycles. The molecule has 116 valence electrons. The van der Waals surface area contributed by atoms with Crippen molar-refractivity contribution >= 4 is 11.8 Å². The van der Waals surface area contributed by atoms with E-state index in [1.54, 1.807) is 0 Å². The van der Waals surface area contributed by atoms with Gasteiger partial charge >= 0.3 is 5.97 Å². The van der Waals surface area contributed by atoms with Crippen molar-refractivity contribution in [3.63, 3.8) is 0 Å². The van der Waals surface area contributed by atoms with Crippen LogP contribution in [0.1, 0.15) is 52.6 Å². The van der Waals surface area contributed by atoms with Crippen molar-refractivity contribution in [2.24, 2.45) is 0 Å². The summed E-state index contributed by atoms with van der Waals surface area (Å²) >= 11 is 0. The SMILES string of the molecule is CC(=O)OC[C@@H](C)c1c(C)[nH]c(C)c1C(=O)c1ccccc1. The molecule has 0 amide bonds. The van der Waals surface area contributed by atoms with E-state index in [1.807, 2.05) is 51.1 Å². The fourth-order valence-electron chi connectivity index (χ4n) is 2.77. The predicted octanol–water partition coefficient (Wildman–Crippen LogP) is 3.53. The van der Waals surface area contributed by atoms with E-state index < -0.39 is 0 Å². The Hall–Kier alpha value is -2.36. The molecule has 0 unspecified atom stereocenters. The van der Waals surface area contributed by atoms with E-state index >= 15 is 0 Å². The Morgan fingerprint density at radius 3 is 2.36 bits per heavy atom. The van der Waals surface area contributed by atoms with Crippen molar-refractivity contribution in [1.29, 1.82) is 0 Å². The number of carbonyl (C=O) groups is 2. The lowest BCUT2D eigenvalue weighted by Gasteiger charge is -2.14. The van der Waals surface area contributed by atoms with Crippen LogP contribution in [0.15, 0.2) is 30.3 Å². The van der Waals surface area contributed by atoms with Crippen molar-refractivity contribution in [3.05, 3.63) is 58.4 Å². The zero-order valence-corrected chi connectivity index (χ0v) is 13.4. The average molecular weight is 299 g/mol. The zero-order chi connectivity index (χ0) is 16.3. The van der Waals surface area contributed by atoms with E-state index in [2.05, 4.69) is 4.98 Å². The number of aromatic nitrogens is 1. The van der Waals surface area contributed by atoms with Gasteiger partial charge in [0.05, 0.1) is 6.61 Å². The number of carbonyl (C=O) groups excluding carboxylic acids is 2. The third-order valence-corrected chi connectivity index (χ3v) is 3.72. The molecule has 0 fully saturated rings. The molecule has 0 spiro atoms. The topological polar surface area (TPSA) is 59.2 Å². The monoisotopic (exact) mass is 299 g/mol. The molecule has 0 saturated carbocycles. The van der Waals surface area contributed by atoms with Gasteiger partial charge in [0.1, 0.15) is 0 Å². The van der Waals surface area contributed by atoms with E-state index in [0.717, 1.165) is 17.0 Å². The van der Waals surface area contributed by atoms with Crippen LogP contribution in [0.25, 0.3) is 0 Å². The summed E-state index contributed by atoms with van der Waals surface area (Å²) in [6.45, 7) is 7.44. The molecule has 0 aliphatic carbocycles. The minimum absolute atomic E-state index is 0.00729. The summed E-state index contributed by atoms with van der Waals surface area (Å²) in [5, 5.41) is 0. The lowest BCUT2D eigenvalue weighted by molar-refractivity contribution is -0.141. The Morgan fingerprint density at radius 1 is 1.14 bits per heavy atom. The number of nitrogens with one attached hydrogen (secondary N) is 1. The number of ketones is 1. The summed E-state index contributed by atoms with van der Waals surface area (Å²) in [5.74, 6) is -0.365. The van der Waals surface area contributed by atoms with Crippen molar-refractivity contribution in [2.45, 2.75) is 33.6 Å². The van der Waals surface area contributed by atoms with Gasteiger partial charge in [-0.25, -0.2) is 0 Å². The highest BCUT2D eigenvalue weighted by Crippen LogP contribution is 2.29. The largest absolute Gasteiger partial charge is 0.465 e. The molecule has 0 bridgehead atoms. The maximum atomic E-state index is 12.8. The molecular weight excluding hydrogens is 278 g/mol. The summed E-state index contributed by atoms with van der Waals surface area (Å²) in [4.78, 5) is 27.1. The fraction of sp³-hybridized carbons (Fsp3) is 0.333. The number of ether oxygens (including phenoxy) is 1. The molecule has 0 aliphatic rings. The second kappa shape index (κ2) is 6.60. The van der Waals surface area contributed by atoms with E-state index in [-0.39, 0.29) is 24.3 Å². The van der Waals surface area contributed by atoms with Crippen LogP contribution in [-0.4, -0.2) is 23.3 Å². The lowest BCUT2D eigenvalue weighted by atomic mass is 9.92. The van der Waals surface area contributed by atoms with Gasteiger partial charge in [-0.05, 0) is 19.4 Å². The van der Waals surface area contributed by atoms with Gasteiger partial charge < -0.3 is 9.72 Å². The number of hydrogen-bond donors (Lipinski definition) is 1. The maximum absolute atomic E-state index is 12.8. The van der Waals surface area contributed by atoms with Crippen LogP contribution in [0.2, 0.25) is 0 Å². The summed E-state index contributed by atoms with van der Waals surface area (Å²) in [6.07, 6.45) is 0. The summed E-state index contributed by atoms with van der Waals surface area (Å²) in [7, 11) is 0. The molecule has 1 atom stereocenters. The highest BCUT2D eigenvalue weighted by Gasteiger charge is 2.24. The highest BCUT2D eigenvalue weighted by molar-refractivity contribution is 6.11. The van der Waals surface area contributed by atoms with Crippen LogP contribution >= 0.6 is 0 Å². The summed E-state index contributed by atoms with van der Waals surface area (Å²) < 4.78 is 5.10. The number of benzene rings is 1. The van der Waals surface area contributed by atoms with Crippen molar-refractivity contribution in [2.75, 3.05) is 6.61 Å². The van der Waals surface area contributed by atoms with E-state index in [9.17, 15) is 9.59 Å². The Bertz CT molecular complexity index is 686. The molecule has 1 N–H and O–H groups in total. The number of esters is 1. The molecule has 1 aromatic carbocycles. The van der Waals surface area contributed by atoms with Crippen molar-refractivity contribution < 1.29 is 14.3 Å². The van der Waals surface area contributed by atoms with Crippen LogP contribution in [0.5, 0.6) is 0 Å². The van der Waals surface area contributed by atoms with Crippen LogP contribution in [0, 0.1) is 13.8 Å². The second-order valence-electron chi connectivity index (χ2n) is 5.56. The summed E-state index contributed by atoms with van der Waals surface area (Å²) in [5.41, 5.74) is 4.05. The molecule has 4 heteroatoms. The third-order valence-electron chi connectivity index (χ3n) is 3.72. The summed E-state index contributed by atoms with van der Waals surface area (Å²) in [6, 6.07) is 9.21. The number of H-pyrrole nitrogens is 1. The molecule has 1 heterocycles. The van der Waals surface area contributed by atoms with Crippen molar-refractivity contribution in [3.8, 4) is 0 Å². The second-order valence-corrected chi connectivity index (χ2v) is 5.56. The number of aryl methyl sites for hydroxylation is 2. The van der Waals surface area contributed by atoms with E-state index in [0.29, 0.717) is 11.1 Å². The highest BCUT2D eigenvalue weighted by atomic mass is 16.5. The van der Waals surface area contributed by atoms with Gasteiger partial charge in [-0.3, -0.25) is 9.59 Å². The Kier molecular flexibility index (Phi) is 4.81. The quantitative estimate of drug-likeness (QED) is 0.678. The van der Waals surface area contributed by atoms with Crippen LogP contribution < -0.4 is 0 Å². The fourth-order valence-corrected chi connectivity index (χ4v) is 2.77.